The van der Waals surface area contributed by atoms with Crippen LogP contribution in [0.5, 0.6) is 0 Å². The summed E-state index contributed by atoms with van der Waals surface area (Å²) in [5.41, 5.74) is 1.39. The van der Waals surface area contributed by atoms with Crippen molar-refractivity contribution in [2.75, 3.05) is 30.5 Å². The Kier molecular flexibility index (Phi) is 5.57. The lowest BCUT2D eigenvalue weighted by Crippen LogP contribution is -2.74. The Bertz CT molecular complexity index is 1610. The molecule has 3 aromatic heterocycles. The van der Waals surface area contributed by atoms with Crippen molar-refractivity contribution in [3.63, 3.8) is 0 Å². The summed E-state index contributed by atoms with van der Waals surface area (Å²) >= 11 is 0. The minimum absolute atomic E-state index is 0.0653. The maximum absolute atomic E-state index is 13.7. The second-order valence-electron chi connectivity index (χ2n) is 9.42. The quantitative estimate of drug-likeness (QED) is 0.374. The molecule has 6 rings (SSSR count). The lowest BCUT2D eigenvalue weighted by molar-refractivity contribution is -0.0664. The fraction of sp³-hybridized carbons (Fsp3) is 0.304. The Labute approximate surface area is 214 Å². The van der Waals surface area contributed by atoms with E-state index in [1.165, 1.54) is 13.5 Å². The van der Waals surface area contributed by atoms with Gasteiger partial charge < -0.3 is 18.8 Å². The normalized spacial score (nSPS) is 17.1. The number of imidazole rings is 1. The first-order valence-corrected chi connectivity index (χ1v) is 12.9. The summed E-state index contributed by atoms with van der Waals surface area (Å²) in [6, 6.07) is 11.8. The van der Waals surface area contributed by atoms with Crippen molar-refractivity contribution >= 4 is 27.6 Å². The molecule has 2 saturated heterocycles. The predicted molar refractivity (Wildman–Crippen MR) is 129 cm³/mol. The number of hydrogen-bond donors (Lipinski definition) is 1. The maximum Gasteiger partial charge on any atom is 0.407 e. The van der Waals surface area contributed by atoms with Crippen LogP contribution in [0.1, 0.15) is 18.0 Å². The molecule has 0 saturated carbocycles. The molecule has 1 spiro atoms. The lowest BCUT2D eigenvalue weighted by Gasteiger charge is -2.58. The second-order valence-corrected chi connectivity index (χ2v) is 11.3. The Morgan fingerprint density at radius 2 is 1.87 bits per heavy atom. The van der Waals surface area contributed by atoms with Gasteiger partial charge in [0, 0.05) is 49.6 Å². The third-order valence-corrected chi connectivity index (χ3v) is 8.49. The lowest BCUT2D eigenvalue weighted by atomic mass is 9.75. The standard InChI is InChI=1S/C23H21F2N7O5S/c24-19(25)21-28-27-20(37-21)15-6-7-29-9-16(26-18(29)8-15)10-32(17-4-2-1-3-5-17)38(35,36)31-13-23(14-31)11-30(12-23)22(33)34/h1-9,19H,10-14H2,(H,33,34). The maximum atomic E-state index is 13.7. The van der Waals surface area contributed by atoms with E-state index in [1.54, 1.807) is 59.3 Å². The molecule has 2 aliphatic heterocycles. The fourth-order valence-corrected chi connectivity index (χ4v) is 6.67. The molecule has 1 amide bonds. The molecular weight excluding hydrogens is 524 g/mol. The Morgan fingerprint density at radius 1 is 1.13 bits per heavy atom. The molecule has 38 heavy (non-hydrogen) atoms. The number of anilines is 1. The minimum Gasteiger partial charge on any atom is -0.465 e. The van der Waals surface area contributed by atoms with Crippen molar-refractivity contribution in [3.8, 4) is 11.5 Å². The number of fused-ring (bicyclic) bond motifs is 1. The van der Waals surface area contributed by atoms with E-state index in [1.807, 2.05) is 0 Å². The summed E-state index contributed by atoms with van der Waals surface area (Å²) in [6.45, 7) is 1.04. The zero-order valence-electron chi connectivity index (χ0n) is 19.7. The molecule has 0 bridgehead atoms. The van der Waals surface area contributed by atoms with Gasteiger partial charge in [0.1, 0.15) is 5.65 Å². The van der Waals surface area contributed by atoms with Crippen molar-refractivity contribution in [2.45, 2.75) is 13.0 Å². The average Bonchev–Trinajstić information content (AvgIpc) is 3.47. The number of aromatic nitrogens is 4. The number of halogens is 2. The molecule has 4 aromatic rings. The van der Waals surface area contributed by atoms with Crippen LogP contribution in [0.2, 0.25) is 0 Å². The van der Waals surface area contributed by atoms with Gasteiger partial charge in [-0.25, -0.2) is 9.78 Å². The zero-order valence-corrected chi connectivity index (χ0v) is 20.5. The molecule has 198 valence electrons. The average molecular weight is 546 g/mol. The van der Waals surface area contributed by atoms with Gasteiger partial charge >= 0.3 is 22.7 Å². The number of likely N-dealkylation sites (tertiary alicyclic amines) is 1. The summed E-state index contributed by atoms with van der Waals surface area (Å²) in [5.74, 6) is -0.858. The monoisotopic (exact) mass is 545 g/mol. The summed E-state index contributed by atoms with van der Waals surface area (Å²) in [4.78, 5) is 16.9. The van der Waals surface area contributed by atoms with E-state index in [2.05, 4.69) is 15.2 Å². The van der Waals surface area contributed by atoms with Gasteiger partial charge in [0.05, 0.1) is 17.9 Å². The molecule has 5 heterocycles. The molecule has 0 atom stereocenters. The number of para-hydroxylation sites is 1. The number of nitrogens with zero attached hydrogens (tertiary/aromatic N) is 7. The largest absolute Gasteiger partial charge is 0.465 e. The highest BCUT2D eigenvalue weighted by Crippen LogP contribution is 2.42. The van der Waals surface area contributed by atoms with Crippen LogP contribution in [0, 0.1) is 5.41 Å². The summed E-state index contributed by atoms with van der Waals surface area (Å²) in [5, 5.41) is 16.1. The molecular formula is C23H21F2N7O5S. The van der Waals surface area contributed by atoms with Crippen LogP contribution in [0.25, 0.3) is 17.1 Å². The molecule has 0 aliphatic carbocycles. The summed E-state index contributed by atoms with van der Waals surface area (Å²) < 4.78 is 62.3. The van der Waals surface area contributed by atoms with Crippen molar-refractivity contribution in [1.29, 1.82) is 0 Å². The molecule has 0 radical (unpaired) electrons. The number of rotatable bonds is 7. The molecule has 15 heteroatoms. The first-order valence-electron chi connectivity index (χ1n) is 11.5. The number of carbonyl (C=O) groups is 1. The highest BCUT2D eigenvalue weighted by molar-refractivity contribution is 7.90. The minimum atomic E-state index is -3.95. The highest BCUT2D eigenvalue weighted by atomic mass is 32.2. The molecule has 1 aromatic carbocycles. The Morgan fingerprint density at radius 3 is 2.53 bits per heavy atom. The van der Waals surface area contributed by atoms with E-state index in [-0.39, 0.29) is 30.9 Å². The predicted octanol–water partition coefficient (Wildman–Crippen LogP) is 2.87. The first-order chi connectivity index (χ1) is 18.1. The second kappa shape index (κ2) is 8.73. The number of benzene rings is 1. The molecule has 0 unspecified atom stereocenters. The third kappa shape index (κ3) is 4.12. The van der Waals surface area contributed by atoms with Gasteiger partial charge in [0.25, 0.3) is 5.89 Å². The molecule has 2 fully saturated rings. The molecule has 2 aliphatic rings. The van der Waals surface area contributed by atoms with Crippen LogP contribution in [-0.2, 0) is 16.8 Å². The van der Waals surface area contributed by atoms with Crippen LogP contribution >= 0.6 is 0 Å². The number of alkyl halides is 2. The highest BCUT2D eigenvalue weighted by Gasteiger charge is 2.57. The smallest absolute Gasteiger partial charge is 0.407 e. The SMILES string of the molecule is O=C(O)N1CC2(C1)CN(S(=O)(=O)N(Cc1cn3ccc(-c4nnc(C(F)F)o4)cc3n1)c1ccccc1)C2. The van der Waals surface area contributed by atoms with Gasteiger partial charge in [-0.15, -0.1) is 10.2 Å². The van der Waals surface area contributed by atoms with Crippen LogP contribution in [0.3, 0.4) is 0 Å². The van der Waals surface area contributed by atoms with E-state index in [0.717, 1.165) is 0 Å². The van der Waals surface area contributed by atoms with E-state index in [0.29, 0.717) is 35.7 Å². The van der Waals surface area contributed by atoms with Crippen molar-refractivity contribution in [2.24, 2.45) is 5.41 Å². The Hall–Kier alpha value is -4.11. The number of amides is 1. The van der Waals surface area contributed by atoms with Gasteiger partial charge in [-0.2, -0.15) is 21.5 Å². The van der Waals surface area contributed by atoms with Crippen LogP contribution < -0.4 is 4.31 Å². The summed E-state index contributed by atoms with van der Waals surface area (Å²) in [7, 11) is -3.95. The van der Waals surface area contributed by atoms with E-state index < -0.39 is 28.6 Å². The third-order valence-electron chi connectivity index (χ3n) is 6.69. The van der Waals surface area contributed by atoms with Crippen molar-refractivity contribution in [3.05, 3.63) is 66.4 Å². The van der Waals surface area contributed by atoms with Crippen LogP contribution in [0.4, 0.5) is 19.3 Å². The Balaban J connectivity index is 1.25. The van der Waals surface area contributed by atoms with E-state index in [4.69, 9.17) is 9.52 Å². The van der Waals surface area contributed by atoms with Crippen LogP contribution in [-0.4, -0.2) is 74.6 Å². The van der Waals surface area contributed by atoms with Crippen molar-refractivity contribution < 1.29 is 31.5 Å². The van der Waals surface area contributed by atoms with Gasteiger partial charge in [-0.05, 0) is 24.3 Å². The fourth-order valence-electron chi connectivity index (χ4n) is 4.83. The van der Waals surface area contributed by atoms with Gasteiger partial charge in [-0.3, -0.25) is 4.31 Å². The number of hydrogen-bond acceptors (Lipinski definition) is 7. The zero-order chi connectivity index (χ0) is 26.7. The van der Waals surface area contributed by atoms with Gasteiger partial charge in [0.2, 0.25) is 5.89 Å². The summed E-state index contributed by atoms with van der Waals surface area (Å²) in [6.07, 6.45) is -0.576. The van der Waals surface area contributed by atoms with E-state index >= 15 is 0 Å². The molecule has 12 nitrogen and oxygen atoms in total. The number of pyridine rings is 1. The molecule has 1 N–H and O–H groups in total. The first kappa shape index (κ1) is 24.2. The van der Waals surface area contributed by atoms with Gasteiger partial charge in [-0.1, -0.05) is 18.2 Å². The van der Waals surface area contributed by atoms with Crippen LogP contribution in [0.15, 0.2) is 59.3 Å². The number of carboxylic acid groups (broad SMARTS) is 1. The topological polar surface area (TPSA) is 137 Å². The van der Waals surface area contributed by atoms with Gasteiger partial charge in [0.15, 0.2) is 0 Å². The van der Waals surface area contributed by atoms with Crippen molar-refractivity contribution in [1.82, 2.24) is 28.8 Å². The van der Waals surface area contributed by atoms with E-state index in [9.17, 15) is 22.0 Å².